The fraction of sp³-hybridized carbons (Fsp3) is 0.556. The third-order valence-electron chi connectivity index (χ3n) is 5.34. The van der Waals surface area contributed by atoms with Crippen molar-refractivity contribution in [2.45, 2.75) is 31.5 Å². The molecule has 1 aliphatic carbocycles. The molecule has 1 N–H and O–H groups in total. The minimum atomic E-state index is -0.943. The van der Waals surface area contributed by atoms with Crippen LogP contribution in [0.15, 0.2) is 24.3 Å². The Kier molecular flexibility index (Phi) is 4.22. The van der Waals surface area contributed by atoms with E-state index in [0.29, 0.717) is 62.7 Å². The molecular weight excluding hydrogens is 344 g/mol. The Balaban J connectivity index is 1.41. The number of hydrogen-bond acceptors (Lipinski definition) is 4. The van der Waals surface area contributed by atoms with Gasteiger partial charge in [0.15, 0.2) is 5.79 Å². The van der Waals surface area contributed by atoms with Crippen LogP contribution in [0.2, 0.25) is 5.02 Å². The molecule has 1 aromatic rings. The third kappa shape index (κ3) is 3.03. The highest BCUT2D eigenvalue weighted by Gasteiger charge is 2.58. The van der Waals surface area contributed by atoms with Gasteiger partial charge in [0, 0.05) is 25.9 Å². The van der Waals surface area contributed by atoms with Crippen LogP contribution in [0, 0.1) is 5.41 Å². The van der Waals surface area contributed by atoms with Crippen molar-refractivity contribution in [1.29, 1.82) is 0 Å². The summed E-state index contributed by atoms with van der Waals surface area (Å²) in [6.07, 6.45) is 2.47. The Morgan fingerprint density at radius 3 is 2.28 bits per heavy atom. The lowest BCUT2D eigenvalue weighted by atomic mass is 9.98. The zero-order valence-corrected chi connectivity index (χ0v) is 14.7. The standard InChI is InChI=1S/C18H21ClN2O4/c19-13-3-1-2-4-14(13)20-15(22)17(5-6-17)16(23)21-9-7-18(8-10-21)24-11-12-25-18/h1-4H,5-12H2,(H,20,22). The molecule has 3 fully saturated rings. The highest BCUT2D eigenvalue weighted by atomic mass is 35.5. The van der Waals surface area contributed by atoms with E-state index < -0.39 is 11.2 Å². The molecule has 0 radical (unpaired) electrons. The Labute approximate surface area is 151 Å². The van der Waals surface area contributed by atoms with Gasteiger partial charge in [-0.25, -0.2) is 0 Å². The number of anilines is 1. The first kappa shape index (κ1) is 16.8. The molecular formula is C18H21ClN2O4. The molecule has 0 atom stereocenters. The summed E-state index contributed by atoms with van der Waals surface area (Å²) in [5, 5.41) is 3.28. The summed E-state index contributed by atoms with van der Waals surface area (Å²) in [6.45, 7) is 2.33. The molecule has 1 saturated carbocycles. The number of nitrogens with zero attached hydrogens (tertiary/aromatic N) is 1. The Bertz CT molecular complexity index is 688. The summed E-state index contributed by atoms with van der Waals surface area (Å²) in [5.41, 5.74) is -0.403. The highest BCUT2D eigenvalue weighted by Crippen LogP contribution is 2.49. The minimum absolute atomic E-state index is 0.0927. The molecule has 1 aromatic carbocycles. The average Bonchev–Trinajstić information content (AvgIpc) is 3.33. The van der Waals surface area contributed by atoms with Crippen molar-refractivity contribution in [3.8, 4) is 0 Å². The summed E-state index contributed by atoms with van der Waals surface area (Å²) in [7, 11) is 0. The van der Waals surface area contributed by atoms with Crippen molar-refractivity contribution in [3.63, 3.8) is 0 Å². The van der Waals surface area contributed by atoms with Gasteiger partial charge >= 0.3 is 0 Å². The second-order valence-electron chi connectivity index (χ2n) is 6.92. The molecule has 0 unspecified atom stereocenters. The third-order valence-corrected chi connectivity index (χ3v) is 5.67. The van der Waals surface area contributed by atoms with Crippen molar-refractivity contribution in [2.24, 2.45) is 5.41 Å². The number of amides is 2. The molecule has 6 nitrogen and oxygen atoms in total. The number of piperidine rings is 1. The molecule has 3 aliphatic rings. The number of carbonyl (C=O) groups excluding carboxylic acids is 2. The van der Waals surface area contributed by atoms with Crippen LogP contribution in [0.5, 0.6) is 0 Å². The normalized spacial score (nSPS) is 23.5. The smallest absolute Gasteiger partial charge is 0.240 e. The molecule has 4 rings (SSSR count). The Morgan fingerprint density at radius 2 is 1.68 bits per heavy atom. The van der Waals surface area contributed by atoms with Gasteiger partial charge in [0.2, 0.25) is 11.8 Å². The van der Waals surface area contributed by atoms with Crippen LogP contribution < -0.4 is 5.32 Å². The van der Waals surface area contributed by atoms with E-state index in [1.165, 1.54) is 0 Å². The number of para-hydroxylation sites is 1. The zero-order valence-electron chi connectivity index (χ0n) is 13.9. The van der Waals surface area contributed by atoms with E-state index >= 15 is 0 Å². The lowest BCUT2D eigenvalue weighted by molar-refractivity contribution is -0.188. The van der Waals surface area contributed by atoms with Gasteiger partial charge in [-0.3, -0.25) is 9.59 Å². The van der Waals surface area contributed by atoms with Gasteiger partial charge in [-0.1, -0.05) is 23.7 Å². The van der Waals surface area contributed by atoms with Gasteiger partial charge in [-0.2, -0.15) is 0 Å². The van der Waals surface area contributed by atoms with Gasteiger partial charge in [0.25, 0.3) is 0 Å². The van der Waals surface area contributed by atoms with E-state index in [1.54, 1.807) is 29.2 Å². The van der Waals surface area contributed by atoms with Gasteiger partial charge in [-0.15, -0.1) is 0 Å². The predicted molar refractivity (Wildman–Crippen MR) is 92.2 cm³/mol. The number of rotatable bonds is 3. The molecule has 2 heterocycles. The number of likely N-dealkylation sites (tertiary alicyclic amines) is 1. The lowest BCUT2D eigenvalue weighted by Crippen LogP contribution is -2.51. The van der Waals surface area contributed by atoms with E-state index in [4.69, 9.17) is 21.1 Å². The van der Waals surface area contributed by atoms with Crippen LogP contribution in [-0.4, -0.2) is 48.8 Å². The summed E-state index contributed by atoms with van der Waals surface area (Å²) in [5.74, 6) is -0.878. The second kappa shape index (κ2) is 6.27. The van der Waals surface area contributed by atoms with E-state index in [9.17, 15) is 9.59 Å². The van der Waals surface area contributed by atoms with Gasteiger partial charge in [0.05, 0.1) is 23.9 Å². The van der Waals surface area contributed by atoms with E-state index in [2.05, 4.69) is 5.32 Å². The summed E-state index contributed by atoms with van der Waals surface area (Å²) >= 11 is 6.10. The molecule has 0 bridgehead atoms. The van der Waals surface area contributed by atoms with Gasteiger partial charge < -0.3 is 19.7 Å². The fourth-order valence-electron chi connectivity index (χ4n) is 3.61. The predicted octanol–water partition coefficient (Wildman–Crippen LogP) is 2.42. The number of carbonyl (C=O) groups is 2. The molecule has 1 spiro atoms. The molecule has 25 heavy (non-hydrogen) atoms. The van der Waals surface area contributed by atoms with Crippen LogP contribution in [0.3, 0.4) is 0 Å². The van der Waals surface area contributed by atoms with Crippen LogP contribution in [-0.2, 0) is 19.1 Å². The van der Waals surface area contributed by atoms with Crippen molar-refractivity contribution < 1.29 is 19.1 Å². The molecule has 2 amide bonds. The molecule has 0 aromatic heterocycles. The zero-order chi connectivity index (χ0) is 17.5. The van der Waals surface area contributed by atoms with E-state index in [1.807, 2.05) is 0 Å². The Morgan fingerprint density at radius 1 is 1.04 bits per heavy atom. The topological polar surface area (TPSA) is 67.9 Å². The molecule has 134 valence electrons. The lowest BCUT2D eigenvalue weighted by Gasteiger charge is -2.38. The number of halogens is 1. The van der Waals surface area contributed by atoms with Gasteiger partial charge in [-0.05, 0) is 25.0 Å². The second-order valence-corrected chi connectivity index (χ2v) is 7.32. The molecule has 7 heteroatoms. The first-order valence-electron chi connectivity index (χ1n) is 8.68. The molecule has 2 aliphatic heterocycles. The minimum Gasteiger partial charge on any atom is -0.347 e. The maximum absolute atomic E-state index is 13.0. The highest BCUT2D eigenvalue weighted by molar-refractivity contribution is 6.34. The SMILES string of the molecule is O=C(Nc1ccccc1Cl)C1(C(=O)N2CCC3(CC2)OCCO3)CC1. The Hall–Kier alpha value is -1.63. The largest absolute Gasteiger partial charge is 0.347 e. The van der Waals surface area contributed by atoms with E-state index in [0.717, 1.165) is 0 Å². The molecule has 2 saturated heterocycles. The average molecular weight is 365 g/mol. The van der Waals surface area contributed by atoms with Crippen LogP contribution in [0.4, 0.5) is 5.69 Å². The monoisotopic (exact) mass is 364 g/mol. The maximum atomic E-state index is 13.0. The first-order valence-corrected chi connectivity index (χ1v) is 9.06. The van der Waals surface area contributed by atoms with Crippen LogP contribution >= 0.6 is 11.6 Å². The number of hydrogen-bond donors (Lipinski definition) is 1. The number of nitrogens with one attached hydrogen (secondary N) is 1. The fourth-order valence-corrected chi connectivity index (χ4v) is 3.79. The number of benzene rings is 1. The van der Waals surface area contributed by atoms with Crippen molar-refractivity contribution in [2.75, 3.05) is 31.6 Å². The van der Waals surface area contributed by atoms with Crippen molar-refractivity contribution in [1.82, 2.24) is 4.90 Å². The van der Waals surface area contributed by atoms with Crippen molar-refractivity contribution >= 4 is 29.1 Å². The summed E-state index contributed by atoms with van der Waals surface area (Å²) in [6, 6.07) is 7.05. The number of ether oxygens (including phenoxy) is 2. The maximum Gasteiger partial charge on any atom is 0.240 e. The summed E-state index contributed by atoms with van der Waals surface area (Å²) < 4.78 is 11.4. The van der Waals surface area contributed by atoms with E-state index in [-0.39, 0.29) is 11.8 Å². The quantitative estimate of drug-likeness (QED) is 0.836. The van der Waals surface area contributed by atoms with Crippen molar-refractivity contribution in [3.05, 3.63) is 29.3 Å². The first-order chi connectivity index (χ1) is 12.0. The van der Waals surface area contributed by atoms with Crippen LogP contribution in [0.1, 0.15) is 25.7 Å². The van der Waals surface area contributed by atoms with Crippen LogP contribution in [0.25, 0.3) is 0 Å². The van der Waals surface area contributed by atoms with Gasteiger partial charge in [0.1, 0.15) is 5.41 Å². The summed E-state index contributed by atoms with van der Waals surface area (Å²) in [4.78, 5) is 27.4.